The van der Waals surface area contributed by atoms with Gasteiger partial charge in [-0.25, -0.2) is 8.42 Å². The van der Waals surface area contributed by atoms with Gasteiger partial charge in [-0.05, 0) is 30.5 Å². The highest BCUT2D eigenvalue weighted by Gasteiger charge is 2.55. The summed E-state index contributed by atoms with van der Waals surface area (Å²) in [6, 6.07) is 3.09. The molecule has 0 radical (unpaired) electrons. The van der Waals surface area contributed by atoms with Crippen molar-refractivity contribution in [3.05, 3.63) is 41.6 Å². The van der Waals surface area contributed by atoms with Crippen LogP contribution in [0, 0.1) is 5.92 Å². The number of aromatic nitrogens is 2. The van der Waals surface area contributed by atoms with E-state index >= 15 is 0 Å². The summed E-state index contributed by atoms with van der Waals surface area (Å²) in [4.78, 5) is -3.04. The maximum atomic E-state index is 13.3. The van der Waals surface area contributed by atoms with Gasteiger partial charge in [0.1, 0.15) is 0 Å². The largest absolute Gasteiger partial charge is 0.416 e. The molecule has 0 saturated carbocycles. The predicted octanol–water partition coefficient (Wildman–Crippen LogP) is 4.10. The van der Waals surface area contributed by atoms with Gasteiger partial charge < -0.3 is 9.15 Å². The summed E-state index contributed by atoms with van der Waals surface area (Å²) in [5.74, 6) is -2.08. The van der Waals surface area contributed by atoms with Crippen LogP contribution in [0.2, 0.25) is 0 Å². The van der Waals surface area contributed by atoms with Crippen LogP contribution in [0.25, 0.3) is 0 Å². The van der Waals surface area contributed by atoms with Crippen LogP contribution in [-0.4, -0.2) is 25.2 Å². The average Bonchev–Trinajstić information content (AvgIpc) is 3.12. The van der Waals surface area contributed by atoms with E-state index < -0.39 is 49.6 Å². The molecule has 12 heteroatoms. The Morgan fingerprint density at radius 1 is 1.25 bits per heavy atom. The number of halogens is 5. The molecule has 154 valence electrons. The fraction of sp³-hybridized carbons (Fsp3) is 0.500. The van der Waals surface area contributed by atoms with Crippen LogP contribution in [0.15, 0.2) is 33.6 Å². The van der Waals surface area contributed by atoms with Gasteiger partial charge in [0.05, 0.1) is 10.5 Å². The average molecular weight is 426 g/mol. The van der Waals surface area contributed by atoms with Crippen molar-refractivity contribution in [2.75, 3.05) is 6.61 Å². The number of rotatable bonds is 4. The van der Waals surface area contributed by atoms with Crippen molar-refractivity contribution in [3.63, 3.8) is 0 Å². The summed E-state index contributed by atoms with van der Waals surface area (Å²) in [6.07, 6.45) is -7.69. The first-order valence-electron chi connectivity index (χ1n) is 8.15. The van der Waals surface area contributed by atoms with Crippen LogP contribution in [0.3, 0.4) is 0 Å². The Labute approximate surface area is 156 Å². The lowest BCUT2D eigenvalue weighted by Crippen LogP contribution is -2.44. The summed E-state index contributed by atoms with van der Waals surface area (Å²) in [7, 11) is -4.67. The lowest BCUT2D eigenvalue weighted by Gasteiger charge is -2.36. The first-order valence-corrected chi connectivity index (χ1v) is 9.63. The van der Waals surface area contributed by atoms with E-state index in [9.17, 15) is 30.4 Å². The second-order valence-electron chi connectivity index (χ2n) is 6.47. The molecule has 6 nitrogen and oxygen atoms in total. The molecule has 1 aromatic carbocycles. The zero-order chi connectivity index (χ0) is 20.7. The van der Waals surface area contributed by atoms with E-state index in [4.69, 9.17) is 9.15 Å². The SMILES string of the molecule is CC1CCOC(c2nnc(C(F)F)o2)(S(=O)(=O)c2cccc(C(F)(F)F)c2)C1. The molecule has 1 aliphatic rings. The van der Waals surface area contributed by atoms with Gasteiger partial charge in [-0.2, -0.15) is 22.0 Å². The van der Waals surface area contributed by atoms with Crippen LogP contribution >= 0.6 is 0 Å². The molecular formula is C16H15F5N2O4S. The van der Waals surface area contributed by atoms with Gasteiger partial charge in [0, 0.05) is 13.0 Å². The molecule has 0 bridgehead atoms. The van der Waals surface area contributed by atoms with Crippen LogP contribution in [0.1, 0.15) is 43.5 Å². The molecule has 3 rings (SSSR count). The fourth-order valence-corrected chi connectivity index (χ4v) is 4.98. The Balaban J connectivity index is 2.17. The lowest BCUT2D eigenvalue weighted by atomic mass is 9.97. The van der Waals surface area contributed by atoms with E-state index in [0.717, 1.165) is 18.2 Å². The molecule has 1 saturated heterocycles. The molecule has 0 spiro atoms. The highest BCUT2D eigenvalue weighted by Crippen LogP contribution is 2.45. The standard InChI is InChI=1S/C16H15F5N2O4S/c1-9-5-6-26-15(8-9,14-23-22-13(27-14)12(17)18)28(24,25)11-4-2-3-10(7-11)16(19,20)21/h2-4,7,9,12H,5-6,8H2,1H3. The summed E-state index contributed by atoms with van der Waals surface area (Å²) >= 11 is 0. The molecule has 0 aliphatic carbocycles. The van der Waals surface area contributed by atoms with Gasteiger partial charge in [-0.1, -0.05) is 13.0 Å². The first kappa shape index (κ1) is 20.6. The van der Waals surface area contributed by atoms with Crippen molar-refractivity contribution in [2.45, 2.75) is 42.2 Å². The molecule has 2 heterocycles. The highest BCUT2D eigenvalue weighted by atomic mass is 32.2. The van der Waals surface area contributed by atoms with Crippen molar-refractivity contribution < 1.29 is 39.5 Å². The molecule has 2 unspecified atom stereocenters. The molecule has 28 heavy (non-hydrogen) atoms. The second kappa shape index (κ2) is 7.07. The van der Waals surface area contributed by atoms with E-state index in [1.807, 2.05) is 0 Å². The normalized spacial score (nSPS) is 23.9. The number of hydrogen-bond donors (Lipinski definition) is 0. The zero-order valence-corrected chi connectivity index (χ0v) is 15.2. The number of sulfone groups is 1. The zero-order valence-electron chi connectivity index (χ0n) is 14.4. The minimum absolute atomic E-state index is 0.0776. The summed E-state index contributed by atoms with van der Waals surface area (Å²) in [5.41, 5.74) is -1.17. The number of benzene rings is 1. The Bertz CT molecular complexity index is 960. The molecule has 1 aliphatic heterocycles. The van der Waals surface area contributed by atoms with Gasteiger partial charge >= 0.3 is 12.6 Å². The van der Waals surface area contributed by atoms with E-state index in [-0.39, 0.29) is 18.9 Å². The number of alkyl halides is 5. The minimum atomic E-state index is -4.77. The predicted molar refractivity (Wildman–Crippen MR) is 83.9 cm³/mol. The summed E-state index contributed by atoms with van der Waals surface area (Å²) in [6.45, 7) is 1.62. The Morgan fingerprint density at radius 3 is 2.54 bits per heavy atom. The quantitative estimate of drug-likeness (QED) is 0.685. The van der Waals surface area contributed by atoms with E-state index in [1.165, 1.54) is 0 Å². The van der Waals surface area contributed by atoms with Gasteiger partial charge in [0.25, 0.3) is 16.7 Å². The summed E-state index contributed by atoms with van der Waals surface area (Å²) in [5, 5.41) is 6.54. The Kier molecular flexibility index (Phi) is 5.21. The molecule has 1 fully saturated rings. The van der Waals surface area contributed by atoms with Gasteiger partial charge in [-0.3, -0.25) is 0 Å². The topological polar surface area (TPSA) is 82.3 Å². The van der Waals surface area contributed by atoms with Gasteiger partial charge in [0.2, 0.25) is 9.84 Å². The number of nitrogens with zero attached hydrogens (tertiary/aromatic N) is 2. The fourth-order valence-electron chi connectivity index (χ4n) is 3.00. The monoisotopic (exact) mass is 426 g/mol. The molecule has 2 aromatic rings. The van der Waals surface area contributed by atoms with Gasteiger partial charge in [-0.15, -0.1) is 10.2 Å². The highest BCUT2D eigenvalue weighted by molar-refractivity contribution is 7.92. The van der Waals surface area contributed by atoms with Crippen LogP contribution in [0.4, 0.5) is 22.0 Å². The van der Waals surface area contributed by atoms with E-state index in [1.54, 1.807) is 6.92 Å². The first-order chi connectivity index (χ1) is 13.0. The smallest absolute Gasteiger partial charge is 0.415 e. The molecule has 0 amide bonds. The number of ether oxygens (including phenoxy) is 1. The lowest BCUT2D eigenvalue weighted by molar-refractivity contribution is -0.137. The van der Waals surface area contributed by atoms with Crippen molar-refractivity contribution in [3.8, 4) is 0 Å². The molecule has 0 N–H and O–H groups in total. The second-order valence-corrected chi connectivity index (χ2v) is 8.61. The van der Waals surface area contributed by atoms with Crippen LogP contribution in [0.5, 0.6) is 0 Å². The maximum absolute atomic E-state index is 13.3. The van der Waals surface area contributed by atoms with E-state index in [0.29, 0.717) is 12.5 Å². The Hall–Kier alpha value is -2.08. The third-order valence-electron chi connectivity index (χ3n) is 4.42. The molecular weight excluding hydrogens is 411 g/mol. The van der Waals surface area contributed by atoms with Gasteiger partial charge in [0.15, 0.2) is 0 Å². The van der Waals surface area contributed by atoms with E-state index in [2.05, 4.69) is 10.2 Å². The van der Waals surface area contributed by atoms with Crippen molar-refractivity contribution in [1.29, 1.82) is 0 Å². The molecule has 1 aromatic heterocycles. The third kappa shape index (κ3) is 3.50. The van der Waals surface area contributed by atoms with Crippen LogP contribution in [-0.2, 0) is 25.7 Å². The minimum Gasteiger partial charge on any atom is -0.415 e. The van der Waals surface area contributed by atoms with Crippen molar-refractivity contribution >= 4 is 9.84 Å². The van der Waals surface area contributed by atoms with Crippen LogP contribution < -0.4 is 0 Å². The maximum Gasteiger partial charge on any atom is 0.416 e. The molecule has 2 atom stereocenters. The number of hydrogen-bond acceptors (Lipinski definition) is 6. The summed E-state index contributed by atoms with van der Waals surface area (Å²) < 4.78 is 102. The van der Waals surface area contributed by atoms with Crippen molar-refractivity contribution in [2.24, 2.45) is 5.92 Å². The third-order valence-corrected chi connectivity index (χ3v) is 6.62. The Morgan fingerprint density at radius 2 is 1.96 bits per heavy atom. The van der Waals surface area contributed by atoms with Crippen molar-refractivity contribution in [1.82, 2.24) is 10.2 Å².